The fourth-order valence-electron chi connectivity index (χ4n) is 4.21. The average Bonchev–Trinajstić information content (AvgIpc) is 3.38. The van der Waals surface area contributed by atoms with E-state index in [0.29, 0.717) is 11.5 Å². The zero-order valence-corrected chi connectivity index (χ0v) is 21.6. The first kappa shape index (κ1) is 26.1. The van der Waals surface area contributed by atoms with E-state index < -0.39 is 11.6 Å². The molecule has 0 N–H and O–H groups in total. The molecule has 0 saturated carbocycles. The SMILES string of the molecule is CN(C)CCCn1cc(-c2cnc(-c3cccc(Cn4nc(-c5cc(F)cc(F)c5)ccc4=O)c3)nc2)cn1. The van der Waals surface area contributed by atoms with Gasteiger partial charge in [0.2, 0.25) is 0 Å². The molecule has 0 amide bonds. The molecule has 0 fully saturated rings. The van der Waals surface area contributed by atoms with Gasteiger partial charge in [-0.1, -0.05) is 18.2 Å². The first-order valence-electron chi connectivity index (χ1n) is 12.5. The highest BCUT2D eigenvalue weighted by atomic mass is 19.1. The maximum atomic E-state index is 13.7. The van der Waals surface area contributed by atoms with E-state index in [1.807, 2.05) is 41.3 Å². The number of hydrogen-bond acceptors (Lipinski definition) is 6. The highest BCUT2D eigenvalue weighted by molar-refractivity contribution is 5.63. The van der Waals surface area contributed by atoms with Crippen LogP contribution >= 0.6 is 0 Å². The summed E-state index contributed by atoms with van der Waals surface area (Å²) in [5.41, 5.74) is 3.63. The molecule has 0 radical (unpaired) electrons. The molecule has 0 spiro atoms. The summed E-state index contributed by atoms with van der Waals surface area (Å²) in [5.74, 6) is -0.877. The molecule has 3 heterocycles. The zero-order chi connectivity index (χ0) is 27.4. The van der Waals surface area contributed by atoms with Crippen LogP contribution in [0.2, 0.25) is 0 Å². The van der Waals surface area contributed by atoms with Gasteiger partial charge in [0.25, 0.3) is 5.56 Å². The van der Waals surface area contributed by atoms with Gasteiger partial charge in [-0.15, -0.1) is 0 Å². The van der Waals surface area contributed by atoms with Crippen molar-refractivity contribution < 1.29 is 8.78 Å². The molecule has 0 aliphatic carbocycles. The third-order valence-corrected chi connectivity index (χ3v) is 6.15. The Bertz CT molecular complexity index is 1620. The maximum absolute atomic E-state index is 13.7. The van der Waals surface area contributed by atoms with Crippen molar-refractivity contribution in [2.24, 2.45) is 0 Å². The summed E-state index contributed by atoms with van der Waals surface area (Å²) < 4.78 is 30.6. The van der Waals surface area contributed by atoms with Crippen LogP contribution in [-0.4, -0.2) is 55.1 Å². The molecule has 0 saturated heterocycles. The number of aryl methyl sites for hydroxylation is 1. The van der Waals surface area contributed by atoms with E-state index in [4.69, 9.17) is 0 Å². The molecule has 5 aromatic rings. The van der Waals surface area contributed by atoms with E-state index in [1.54, 1.807) is 12.4 Å². The predicted molar refractivity (Wildman–Crippen MR) is 145 cm³/mol. The fraction of sp³-hybridized carbons (Fsp3) is 0.207. The van der Waals surface area contributed by atoms with Gasteiger partial charge in [0.05, 0.1) is 18.4 Å². The minimum atomic E-state index is -0.711. The van der Waals surface area contributed by atoms with Gasteiger partial charge < -0.3 is 4.90 Å². The Morgan fingerprint density at radius 1 is 0.846 bits per heavy atom. The van der Waals surface area contributed by atoms with Crippen LogP contribution < -0.4 is 5.56 Å². The second kappa shape index (κ2) is 11.4. The second-order valence-corrected chi connectivity index (χ2v) is 9.52. The summed E-state index contributed by atoms with van der Waals surface area (Å²) in [5, 5.41) is 8.76. The molecule has 3 aromatic heterocycles. The Labute approximate surface area is 224 Å². The Morgan fingerprint density at radius 3 is 2.36 bits per heavy atom. The zero-order valence-electron chi connectivity index (χ0n) is 21.6. The summed E-state index contributed by atoms with van der Waals surface area (Å²) in [6.45, 7) is 2.00. The maximum Gasteiger partial charge on any atom is 0.267 e. The minimum absolute atomic E-state index is 0.170. The lowest BCUT2D eigenvalue weighted by Crippen LogP contribution is -2.22. The van der Waals surface area contributed by atoms with Crippen molar-refractivity contribution in [3.8, 4) is 33.8 Å². The minimum Gasteiger partial charge on any atom is -0.309 e. The monoisotopic (exact) mass is 527 g/mol. The van der Waals surface area contributed by atoms with Crippen LogP contribution in [0, 0.1) is 11.6 Å². The van der Waals surface area contributed by atoms with Gasteiger partial charge in [-0.3, -0.25) is 9.48 Å². The molecule has 39 heavy (non-hydrogen) atoms. The summed E-state index contributed by atoms with van der Waals surface area (Å²) in [7, 11) is 4.10. The number of hydrogen-bond donors (Lipinski definition) is 0. The van der Waals surface area contributed by atoms with E-state index in [1.165, 1.54) is 28.9 Å². The van der Waals surface area contributed by atoms with Crippen molar-refractivity contribution in [3.63, 3.8) is 0 Å². The van der Waals surface area contributed by atoms with Crippen molar-refractivity contribution in [3.05, 3.63) is 107 Å². The van der Waals surface area contributed by atoms with E-state index in [9.17, 15) is 13.6 Å². The Balaban J connectivity index is 1.32. The van der Waals surface area contributed by atoms with Crippen LogP contribution in [0.5, 0.6) is 0 Å². The molecule has 5 rings (SSSR count). The summed E-state index contributed by atoms with van der Waals surface area (Å²) >= 11 is 0. The van der Waals surface area contributed by atoms with Crippen molar-refractivity contribution in [1.82, 2.24) is 34.4 Å². The van der Waals surface area contributed by atoms with Crippen molar-refractivity contribution in [2.75, 3.05) is 20.6 Å². The molecule has 0 atom stereocenters. The number of rotatable bonds is 9. The van der Waals surface area contributed by atoms with Crippen LogP contribution in [0.25, 0.3) is 33.8 Å². The average molecular weight is 528 g/mol. The lowest BCUT2D eigenvalue weighted by Gasteiger charge is -2.09. The van der Waals surface area contributed by atoms with Crippen LogP contribution in [-0.2, 0) is 13.1 Å². The largest absolute Gasteiger partial charge is 0.309 e. The lowest BCUT2D eigenvalue weighted by molar-refractivity contribution is 0.380. The van der Waals surface area contributed by atoms with Crippen molar-refractivity contribution in [1.29, 1.82) is 0 Å². The number of nitrogens with zero attached hydrogens (tertiary/aromatic N) is 7. The quantitative estimate of drug-likeness (QED) is 0.281. The summed E-state index contributed by atoms with van der Waals surface area (Å²) in [4.78, 5) is 23.7. The van der Waals surface area contributed by atoms with Gasteiger partial charge in [-0.25, -0.2) is 23.4 Å². The highest BCUT2D eigenvalue weighted by Gasteiger charge is 2.10. The highest BCUT2D eigenvalue weighted by Crippen LogP contribution is 2.22. The Hall–Kier alpha value is -4.57. The fourth-order valence-corrected chi connectivity index (χ4v) is 4.21. The van der Waals surface area contributed by atoms with Crippen LogP contribution in [0.15, 0.2) is 84.2 Å². The smallest absolute Gasteiger partial charge is 0.267 e. The van der Waals surface area contributed by atoms with E-state index >= 15 is 0 Å². The van der Waals surface area contributed by atoms with Gasteiger partial charge in [0, 0.05) is 59.5 Å². The van der Waals surface area contributed by atoms with Crippen LogP contribution in [0.1, 0.15) is 12.0 Å². The van der Waals surface area contributed by atoms with Gasteiger partial charge in [-0.2, -0.15) is 10.2 Å². The molecular formula is C29H27F2N7O. The molecule has 0 bridgehead atoms. The standard InChI is InChI=1S/C29H27F2N7O/c1-36(2)9-4-10-37-19-24(17-34-37)23-15-32-29(33-16-23)21-6-3-5-20(11-21)18-38-28(39)8-7-27(35-38)22-12-25(30)14-26(31)13-22/h3,5-8,11-17,19H,4,9-10,18H2,1-2H3. The molecule has 10 heteroatoms. The van der Waals surface area contributed by atoms with E-state index in [2.05, 4.69) is 39.2 Å². The van der Waals surface area contributed by atoms with Gasteiger partial charge >= 0.3 is 0 Å². The van der Waals surface area contributed by atoms with Crippen molar-refractivity contribution >= 4 is 0 Å². The van der Waals surface area contributed by atoms with Gasteiger partial charge in [-0.05, 0) is 56.9 Å². The molecule has 198 valence electrons. The summed E-state index contributed by atoms with van der Waals surface area (Å²) in [6, 6.07) is 13.4. The molecule has 8 nitrogen and oxygen atoms in total. The first-order valence-corrected chi connectivity index (χ1v) is 12.5. The normalized spacial score (nSPS) is 11.3. The van der Waals surface area contributed by atoms with Gasteiger partial charge in [0.15, 0.2) is 5.82 Å². The predicted octanol–water partition coefficient (Wildman–Crippen LogP) is 4.51. The van der Waals surface area contributed by atoms with Crippen molar-refractivity contribution in [2.45, 2.75) is 19.5 Å². The molecule has 0 aliphatic rings. The third-order valence-electron chi connectivity index (χ3n) is 6.15. The van der Waals surface area contributed by atoms with E-state index in [0.717, 1.165) is 47.8 Å². The molecule has 2 aromatic carbocycles. The number of halogens is 2. The Kier molecular flexibility index (Phi) is 7.64. The third kappa shape index (κ3) is 6.47. The van der Waals surface area contributed by atoms with Crippen LogP contribution in [0.3, 0.4) is 0 Å². The summed E-state index contributed by atoms with van der Waals surface area (Å²) in [6.07, 6.45) is 8.35. The molecule has 0 aliphatic heterocycles. The first-order chi connectivity index (χ1) is 18.8. The number of benzene rings is 2. The Morgan fingerprint density at radius 2 is 1.62 bits per heavy atom. The van der Waals surface area contributed by atoms with Crippen LogP contribution in [0.4, 0.5) is 8.78 Å². The van der Waals surface area contributed by atoms with Gasteiger partial charge in [0.1, 0.15) is 11.6 Å². The topological polar surface area (TPSA) is 81.7 Å². The lowest BCUT2D eigenvalue weighted by atomic mass is 10.1. The molecule has 0 unspecified atom stereocenters. The molecular weight excluding hydrogens is 500 g/mol. The second-order valence-electron chi connectivity index (χ2n) is 9.52. The van der Waals surface area contributed by atoms with E-state index in [-0.39, 0.29) is 17.7 Å². The number of aromatic nitrogens is 6.